The third kappa shape index (κ3) is 2.15. The number of hydrogen-bond acceptors (Lipinski definition) is 2. The third-order valence-electron chi connectivity index (χ3n) is 5.23. The fourth-order valence-corrected chi connectivity index (χ4v) is 4.06. The lowest BCUT2D eigenvalue weighted by atomic mass is 9.82. The first-order valence-corrected chi connectivity index (χ1v) is 7.87. The van der Waals surface area contributed by atoms with Gasteiger partial charge in [-0.05, 0) is 30.5 Å². The molecule has 2 atom stereocenters. The van der Waals surface area contributed by atoms with Crippen LogP contribution < -0.4 is 10.9 Å². The van der Waals surface area contributed by atoms with E-state index in [0.717, 1.165) is 36.9 Å². The standard InChI is InChI=1S/C17H17F3N2O/c1-22-15-8-14-10(9-4-2-3-5-13(9)21-14)6-11(15)12(7-16(22)23)17(18,19)20/h6-9,13,21H,2-5H2,1H3/t9?,13-/m1/s1. The molecule has 2 aromatic rings. The highest BCUT2D eigenvalue weighted by Crippen LogP contribution is 2.46. The number of pyridine rings is 1. The van der Waals surface area contributed by atoms with E-state index in [1.54, 1.807) is 12.1 Å². The maximum atomic E-state index is 13.4. The van der Waals surface area contributed by atoms with E-state index in [1.165, 1.54) is 11.6 Å². The molecule has 0 radical (unpaired) electrons. The first-order chi connectivity index (χ1) is 10.9. The molecular formula is C17H17F3N2O. The quantitative estimate of drug-likeness (QED) is 0.795. The van der Waals surface area contributed by atoms with Gasteiger partial charge in [0, 0.05) is 36.1 Å². The molecule has 6 heteroatoms. The highest BCUT2D eigenvalue weighted by Gasteiger charge is 2.37. The van der Waals surface area contributed by atoms with Crippen molar-refractivity contribution in [3.63, 3.8) is 0 Å². The van der Waals surface area contributed by atoms with Crippen LogP contribution in [0.15, 0.2) is 23.0 Å². The molecular weight excluding hydrogens is 305 g/mol. The Morgan fingerprint density at radius 1 is 1.17 bits per heavy atom. The highest BCUT2D eigenvalue weighted by molar-refractivity contribution is 5.89. The summed E-state index contributed by atoms with van der Waals surface area (Å²) < 4.78 is 41.3. The van der Waals surface area contributed by atoms with Gasteiger partial charge < -0.3 is 9.88 Å². The molecule has 1 N–H and O–H groups in total. The number of hydrogen-bond donors (Lipinski definition) is 1. The van der Waals surface area contributed by atoms with Crippen molar-refractivity contribution < 1.29 is 13.2 Å². The van der Waals surface area contributed by atoms with Crippen LogP contribution in [-0.2, 0) is 13.2 Å². The number of nitrogens with one attached hydrogen (secondary N) is 1. The third-order valence-corrected chi connectivity index (χ3v) is 5.23. The Kier molecular flexibility index (Phi) is 3.02. The Balaban J connectivity index is 2.01. The molecule has 0 amide bonds. The second-order valence-electron chi connectivity index (χ2n) is 6.55. The van der Waals surface area contributed by atoms with Crippen LogP contribution in [0.2, 0.25) is 0 Å². The van der Waals surface area contributed by atoms with E-state index < -0.39 is 17.3 Å². The van der Waals surface area contributed by atoms with E-state index in [9.17, 15) is 18.0 Å². The number of benzene rings is 1. The molecule has 0 saturated heterocycles. The van der Waals surface area contributed by atoms with E-state index >= 15 is 0 Å². The SMILES string of the molecule is Cn1c(=O)cc(C(F)(F)F)c2cc3c(cc21)N[C@@H]1CCCCC31. The van der Waals surface area contributed by atoms with Crippen LogP contribution in [-0.4, -0.2) is 10.6 Å². The van der Waals surface area contributed by atoms with Gasteiger partial charge in [-0.3, -0.25) is 4.79 Å². The molecule has 1 aliphatic carbocycles. The fourth-order valence-electron chi connectivity index (χ4n) is 4.06. The molecule has 2 aliphatic rings. The highest BCUT2D eigenvalue weighted by atomic mass is 19.4. The Hall–Kier alpha value is -1.98. The maximum absolute atomic E-state index is 13.4. The minimum absolute atomic E-state index is 0.117. The number of halogens is 3. The molecule has 1 unspecified atom stereocenters. The molecule has 3 nitrogen and oxygen atoms in total. The van der Waals surface area contributed by atoms with Crippen molar-refractivity contribution in [2.24, 2.45) is 7.05 Å². The summed E-state index contributed by atoms with van der Waals surface area (Å²) in [5, 5.41) is 3.55. The minimum Gasteiger partial charge on any atom is -0.381 e. The second-order valence-corrected chi connectivity index (χ2v) is 6.55. The van der Waals surface area contributed by atoms with Crippen LogP contribution in [0, 0.1) is 0 Å². The van der Waals surface area contributed by atoms with Gasteiger partial charge in [0.2, 0.25) is 0 Å². The number of alkyl halides is 3. The summed E-state index contributed by atoms with van der Waals surface area (Å²) in [6, 6.07) is 4.37. The average molecular weight is 322 g/mol. The van der Waals surface area contributed by atoms with Gasteiger partial charge in [-0.2, -0.15) is 13.2 Å². The number of rotatable bonds is 0. The van der Waals surface area contributed by atoms with Crippen molar-refractivity contribution in [2.45, 2.75) is 43.8 Å². The van der Waals surface area contributed by atoms with E-state index in [2.05, 4.69) is 5.32 Å². The van der Waals surface area contributed by atoms with Gasteiger partial charge in [0.05, 0.1) is 11.1 Å². The lowest BCUT2D eigenvalue weighted by Crippen LogP contribution is -2.23. The van der Waals surface area contributed by atoms with Gasteiger partial charge in [0.25, 0.3) is 5.56 Å². The molecule has 2 heterocycles. The molecule has 1 fully saturated rings. The van der Waals surface area contributed by atoms with Crippen molar-refractivity contribution >= 4 is 16.6 Å². The molecule has 1 saturated carbocycles. The maximum Gasteiger partial charge on any atom is 0.417 e. The largest absolute Gasteiger partial charge is 0.417 e. The van der Waals surface area contributed by atoms with Gasteiger partial charge in [-0.25, -0.2) is 0 Å². The molecule has 0 spiro atoms. The van der Waals surface area contributed by atoms with Crippen LogP contribution in [0.4, 0.5) is 18.9 Å². The Bertz CT molecular complexity index is 854. The summed E-state index contributed by atoms with van der Waals surface area (Å²) in [4.78, 5) is 11.9. The van der Waals surface area contributed by atoms with Crippen LogP contribution >= 0.6 is 0 Å². The van der Waals surface area contributed by atoms with Gasteiger partial charge in [0.1, 0.15) is 0 Å². The summed E-state index contributed by atoms with van der Waals surface area (Å²) in [6.45, 7) is 0. The van der Waals surface area contributed by atoms with Gasteiger partial charge in [0.15, 0.2) is 0 Å². The molecule has 122 valence electrons. The zero-order valence-corrected chi connectivity index (χ0v) is 12.7. The predicted octanol–water partition coefficient (Wildman–Crippen LogP) is 4.01. The van der Waals surface area contributed by atoms with E-state index in [4.69, 9.17) is 0 Å². The van der Waals surface area contributed by atoms with Crippen molar-refractivity contribution in [3.05, 3.63) is 39.7 Å². The second kappa shape index (κ2) is 4.76. The summed E-state index contributed by atoms with van der Waals surface area (Å²) in [5.74, 6) is 0.279. The lowest BCUT2D eigenvalue weighted by Gasteiger charge is -2.25. The normalized spacial score (nSPS) is 23.5. The molecule has 1 aromatic carbocycles. The molecule has 1 aromatic heterocycles. The first kappa shape index (κ1) is 14.6. The topological polar surface area (TPSA) is 34.0 Å². The summed E-state index contributed by atoms with van der Waals surface area (Å²) in [7, 11) is 1.51. The molecule has 23 heavy (non-hydrogen) atoms. The smallest absolute Gasteiger partial charge is 0.381 e. The molecule has 4 rings (SSSR count). The number of nitrogens with zero attached hydrogens (tertiary/aromatic N) is 1. The zero-order valence-electron chi connectivity index (χ0n) is 12.7. The fraction of sp³-hybridized carbons (Fsp3) is 0.471. The number of fused-ring (bicyclic) bond motifs is 4. The average Bonchev–Trinajstić information content (AvgIpc) is 2.86. The van der Waals surface area contributed by atoms with Crippen molar-refractivity contribution in [1.82, 2.24) is 4.57 Å². The van der Waals surface area contributed by atoms with Gasteiger partial charge in [-0.15, -0.1) is 0 Å². The first-order valence-electron chi connectivity index (χ1n) is 7.87. The minimum atomic E-state index is -4.53. The van der Waals surface area contributed by atoms with E-state index in [-0.39, 0.29) is 11.3 Å². The number of anilines is 1. The van der Waals surface area contributed by atoms with E-state index in [1.807, 2.05) is 0 Å². The lowest BCUT2D eigenvalue weighted by molar-refractivity contribution is -0.136. The van der Waals surface area contributed by atoms with Crippen LogP contribution in [0.1, 0.15) is 42.7 Å². The van der Waals surface area contributed by atoms with Gasteiger partial charge in [-0.1, -0.05) is 12.8 Å². The van der Waals surface area contributed by atoms with Crippen molar-refractivity contribution in [2.75, 3.05) is 5.32 Å². The number of aromatic nitrogens is 1. The van der Waals surface area contributed by atoms with Crippen LogP contribution in [0.5, 0.6) is 0 Å². The van der Waals surface area contributed by atoms with Crippen molar-refractivity contribution in [3.8, 4) is 0 Å². The summed E-state index contributed by atoms with van der Waals surface area (Å²) in [6.07, 6.45) is -0.227. The van der Waals surface area contributed by atoms with Crippen LogP contribution in [0.3, 0.4) is 0 Å². The molecule has 0 bridgehead atoms. The monoisotopic (exact) mass is 322 g/mol. The summed E-state index contributed by atoms with van der Waals surface area (Å²) in [5.41, 5.74) is 0.697. The predicted molar refractivity (Wildman–Crippen MR) is 82.8 cm³/mol. The Morgan fingerprint density at radius 2 is 1.91 bits per heavy atom. The van der Waals surface area contributed by atoms with Gasteiger partial charge >= 0.3 is 6.18 Å². The molecule has 1 aliphatic heterocycles. The zero-order chi connectivity index (χ0) is 16.4. The summed E-state index contributed by atoms with van der Waals surface area (Å²) >= 11 is 0. The van der Waals surface area contributed by atoms with E-state index in [0.29, 0.717) is 17.6 Å². The van der Waals surface area contributed by atoms with Crippen molar-refractivity contribution in [1.29, 1.82) is 0 Å². The van der Waals surface area contributed by atoms with Crippen LogP contribution in [0.25, 0.3) is 10.9 Å². The Morgan fingerprint density at radius 3 is 2.65 bits per heavy atom. The Labute approximate surface area is 131 Å². The number of aryl methyl sites for hydroxylation is 1.